The summed E-state index contributed by atoms with van der Waals surface area (Å²) < 4.78 is 5.74. The molecule has 1 atom stereocenters. The SMILES string of the molecule is C#C[C@@]1(CO)COc2ccccc2N1Cc1ccccc1. The number of nitrogens with zero attached hydrogens (tertiary/aromatic N) is 1. The lowest BCUT2D eigenvalue weighted by Gasteiger charge is -2.44. The molecule has 0 fully saturated rings. The number of terminal acetylenes is 1. The molecule has 106 valence electrons. The largest absolute Gasteiger partial charge is 0.488 e. The molecule has 0 amide bonds. The molecule has 0 spiro atoms. The number of hydrogen-bond acceptors (Lipinski definition) is 3. The van der Waals surface area contributed by atoms with Gasteiger partial charge in [0.15, 0.2) is 5.54 Å². The molecule has 1 N–H and O–H groups in total. The minimum atomic E-state index is -0.829. The lowest BCUT2D eigenvalue weighted by Crippen LogP contribution is -2.57. The van der Waals surface area contributed by atoms with Crippen LogP contribution >= 0.6 is 0 Å². The monoisotopic (exact) mass is 279 g/mol. The zero-order valence-electron chi connectivity index (χ0n) is 11.7. The standard InChI is InChI=1S/C18H17NO2/c1-2-18(13-20)14-21-17-11-7-6-10-16(17)19(18)12-15-8-4-3-5-9-15/h1,3-11,20H,12-14H2/t18-/m1/s1. The Bertz CT molecular complexity index is 662. The molecule has 0 unspecified atom stereocenters. The smallest absolute Gasteiger partial charge is 0.159 e. The first-order chi connectivity index (χ1) is 10.3. The Morgan fingerprint density at radius 2 is 1.86 bits per heavy atom. The van der Waals surface area contributed by atoms with Gasteiger partial charge in [-0.15, -0.1) is 6.42 Å². The number of benzene rings is 2. The van der Waals surface area contributed by atoms with Gasteiger partial charge < -0.3 is 14.7 Å². The molecule has 0 aromatic heterocycles. The highest BCUT2D eigenvalue weighted by Gasteiger charge is 2.40. The van der Waals surface area contributed by atoms with Crippen LogP contribution in [-0.4, -0.2) is 23.9 Å². The van der Waals surface area contributed by atoms with E-state index in [1.807, 2.05) is 42.5 Å². The summed E-state index contributed by atoms with van der Waals surface area (Å²) in [6, 6.07) is 17.9. The number of rotatable bonds is 3. The highest BCUT2D eigenvalue weighted by Crippen LogP contribution is 2.38. The van der Waals surface area contributed by atoms with Gasteiger partial charge in [-0.25, -0.2) is 0 Å². The van der Waals surface area contributed by atoms with Crippen molar-refractivity contribution in [2.45, 2.75) is 12.1 Å². The molecule has 1 heterocycles. The van der Waals surface area contributed by atoms with E-state index in [-0.39, 0.29) is 13.2 Å². The van der Waals surface area contributed by atoms with E-state index in [1.54, 1.807) is 0 Å². The van der Waals surface area contributed by atoms with E-state index in [0.29, 0.717) is 6.54 Å². The second-order valence-electron chi connectivity index (χ2n) is 5.16. The predicted molar refractivity (Wildman–Crippen MR) is 83.2 cm³/mol. The Morgan fingerprint density at radius 3 is 2.57 bits per heavy atom. The van der Waals surface area contributed by atoms with Crippen LogP contribution in [0.25, 0.3) is 0 Å². The Balaban J connectivity index is 2.05. The van der Waals surface area contributed by atoms with Crippen LogP contribution in [-0.2, 0) is 6.54 Å². The first kappa shape index (κ1) is 13.5. The van der Waals surface area contributed by atoms with Gasteiger partial charge in [-0.2, -0.15) is 0 Å². The van der Waals surface area contributed by atoms with E-state index in [2.05, 4.69) is 23.0 Å². The first-order valence-electron chi connectivity index (χ1n) is 6.91. The van der Waals surface area contributed by atoms with Gasteiger partial charge in [0.1, 0.15) is 12.4 Å². The molecule has 3 nitrogen and oxygen atoms in total. The second kappa shape index (κ2) is 5.51. The fourth-order valence-corrected chi connectivity index (χ4v) is 2.61. The van der Waals surface area contributed by atoms with Crippen LogP contribution in [0.4, 0.5) is 5.69 Å². The Kier molecular flexibility index (Phi) is 3.55. The first-order valence-corrected chi connectivity index (χ1v) is 6.91. The van der Waals surface area contributed by atoms with E-state index >= 15 is 0 Å². The summed E-state index contributed by atoms with van der Waals surface area (Å²) in [6.07, 6.45) is 5.72. The van der Waals surface area contributed by atoms with Gasteiger partial charge in [-0.3, -0.25) is 0 Å². The van der Waals surface area contributed by atoms with Crippen LogP contribution in [0.2, 0.25) is 0 Å². The molecule has 3 heteroatoms. The summed E-state index contributed by atoms with van der Waals surface area (Å²) in [5, 5.41) is 9.85. The summed E-state index contributed by atoms with van der Waals surface area (Å²) in [5.41, 5.74) is 1.23. The van der Waals surface area contributed by atoms with Crippen molar-refractivity contribution in [2.24, 2.45) is 0 Å². The van der Waals surface area contributed by atoms with Gasteiger partial charge in [0, 0.05) is 6.54 Å². The fraction of sp³-hybridized carbons (Fsp3) is 0.222. The average Bonchev–Trinajstić information content (AvgIpc) is 2.56. The summed E-state index contributed by atoms with van der Waals surface area (Å²) in [4.78, 5) is 2.06. The maximum absolute atomic E-state index is 9.85. The maximum atomic E-state index is 9.85. The van der Waals surface area contributed by atoms with E-state index in [1.165, 1.54) is 0 Å². The number of fused-ring (bicyclic) bond motifs is 1. The molecule has 0 radical (unpaired) electrons. The van der Waals surface area contributed by atoms with Crippen molar-refractivity contribution in [1.29, 1.82) is 0 Å². The van der Waals surface area contributed by atoms with Crippen LogP contribution in [0.15, 0.2) is 54.6 Å². The van der Waals surface area contributed by atoms with E-state index in [4.69, 9.17) is 11.2 Å². The predicted octanol–water partition coefficient (Wildman–Crippen LogP) is 2.45. The summed E-state index contributed by atoms with van der Waals surface area (Å²) in [5.74, 6) is 3.53. The normalized spacial score (nSPS) is 20.3. The molecule has 0 saturated heterocycles. The van der Waals surface area contributed by atoms with Crippen molar-refractivity contribution in [3.05, 3.63) is 60.2 Å². The van der Waals surface area contributed by atoms with Gasteiger partial charge >= 0.3 is 0 Å². The number of hydrogen-bond donors (Lipinski definition) is 1. The van der Waals surface area contributed by atoms with Crippen molar-refractivity contribution < 1.29 is 9.84 Å². The summed E-state index contributed by atoms with van der Waals surface area (Å²) in [6.45, 7) is 0.764. The molecule has 0 aliphatic carbocycles. The van der Waals surface area contributed by atoms with Gasteiger partial charge in [-0.1, -0.05) is 48.4 Å². The molecular formula is C18H17NO2. The summed E-state index contributed by atoms with van der Waals surface area (Å²) >= 11 is 0. The van der Waals surface area contributed by atoms with Crippen LogP contribution in [0.5, 0.6) is 5.75 Å². The van der Waals surface area contributed by atoms with Gasteiger partial charge in [0.25, 0.3) is 0 Å². The minimum Gasteiger partial charge on any atom is -0.488 e. The van der Waals surface area contributed by atoms with Crippen molar-refractivity contribution in [1.82, 2.24) is 0 Å². The minimum absolute atomic E-state index is 0.148. The van der Waals surface area contributed by atoms with Gasteiger partial charge in [0.05, 0.1) is 12.3 Å². The van der Waals surface area contributed by atoms with Gasteiger partial charge in [0.2, 0.25) is 0 Å². The molecule has 2 aromatic carbocycles. The molecule has 1 aliphatic rings. The zero-order valence-corrected chi connectivity index (χ0v) is 11.7. The molecule has 1 aliphatic heterocycles. The highest BCUT2D eigenvalue weighted by atomic mass is 16.5. The third-order valence-corrected chi connectivity index (χ3v) is 3.85. The highest BCUT2D eigenvalue weighted by molar-refractivity contribution is 5.64. The van der Waals surface area contributed by atoms with Crippen LogP contribution in [0, 0.1) is 12.3 Å². The lowest BCUT2D eigenvalue weighted by atomic mass is 9.96. The number of aliphatic hydroxyl groups excluding tert-OH is 1. The Morgan fingerprint density at radius 1 is 1.14 bits per heavy atom. The second-order valence-corrected chi connectivity index (χ2v) is 5.16. The molecule has 2 aromatic rings. The number of aliphatic hydroxyl groups is 1. The van der Waals surface area contributed by atoms with E-state index in [0.717, 1.165) is 17.0 Å². The molecule has 21 heavy (non-hydrogen) atoms. The number of anilines is 1. The number of para-hydroxylation sites is 2. The van der Waals surface area contributed by atoms with E-state index in [9.17, 15) is 5.11 Å². The maximum Gasteiger partial charge on any atom is 0.159 e. The Hall–Kier alpha value is -2.44. The topological polar surface area (TPSA) is 32.7 Å². The van der Waals surface area contributed by atoms with E-state index < -0.39 is 5.54 Å². The third-order valence-electron chi connectivity index (χ3n) is 3.85. The van der Waals surface area contributed by atoms with Crippen molar-refractivity contribution >= 4 is 5.69 Å². The van der Waals surface area contributed by atoms with Crippen molar-refractivity contribution in [3.63, 3.8) is 0 Å². The van der Waals surface area contributed by atoms with Crippen LogP contribution in [0.3, 0.4) is 0 Å². The van der Waals surface area contributed by atoms with Crippen molar-refractivity contribution in [2.75, 3.05) is 18.1 Å². The molecule has 0 bridgehead atoms. The average molecular weight is 279 g/mol. The number of ether oxygens (including phenoxy) is 1. The fourth-order valence-electron chi connectivity index (χ4n) is 2.61. The van der Waals surface area contributed by atoms with Crippen LogP contribution < -0.4 is 9.64 Å². The van der Waals surface area contributed by atoms with Crippen molar-refractivity contribution in [3.8, 4) is 18.1 Å². The Labute approximate surface area is 124 Å². The van der Waals surface area contributed by atoms with Crippen LogP contribution in [0.1, 0.15) is 5.56 Å². The third kappa shape index (κ3) is 2.35. The lowest BCUT2D eigenvalue weighted by molar-refractivity contribution is 0.148. The van der Waals surface area contributed by atoms with Gasteiger partial charge in [-0.05, 0) is 17.7 Å². The molecule has 0 saturated carbocycles. The summed E-state index contributed by atoms with van der Waals surface area (Å²) in [7, 11) is 0. The molecular weight excluding hydrogens is 262 g/mol. The molecule has 3 rings (SSSR count). The zero-order chi connectivity index (χ0) is 14.7. The quantitative estimate of drug-likeness (QED) is 0.876.